The van der Waals surface area contributed by atoms with E-state index in [0.29, 0.717) is 5.75 Å². The smallest absolute Gasteiger partial charge is 0.264 e. The van der Waals surface area contributed by atoms with Gasteiger partial charge in [-0.2, -0.15) is 0 Å². The Labute approximate surface area is 289 Å². The van der Waals surface area contributed by atoms with Crippen molar-refractivity contribution in [2.75, 3.05) is 25.1 Å². The van der Waals surface area contributed by atoms with Crippen LogP contribution in [0, 0.1) is 6.92 Å². The van der Waals surface area contributed by atoms with Crippen LogP contribution in [0.5, 0.6) is 11.5 Å². The molecule has 2 amide bonds. The number of benzene rings is 4. The lowest BCUT2D eigenvalue weighted by Gasteiger charge is -2.35. The lowest BCUT2D eigenvalue weighted by molar-refractivity contribution is -0.140. The molecule has 9 nitrogen and oxygen atoms in total. The number of nitrogens with one attached hydrogen (secondary N) is 1. The summed E-state index contributed by atoms with van der Waals surface area (Å²) in [5.41, 5.74) is 2.73. The van der Waals surface area contributed by atoms with Gasteiger partial charge in [0.25, 0.3) is 10.0 Å². The van der Waals surface area contributed by atoms with Crippen molar-refractivity contribution in [3.05, 3.63) is 120 Å². The number of hydrogen-bond donors (Lipinski definition) is 1. The predicted octanol–water partition coefficient (Wildman–Crippen LogP) is 6.30. The van der Waals surface area contributed by atoms with E-state index in [-0.39, 0.29) is 41.2 Å². The molecule has 4 aromatic rings. The van der Waals surface area contributed by atoms with Gasteiger partial charge >= 0.3 is 0 Å². The van der Waals surface area contributed by atoms with Crippen molar-refractivity contribution >= 4 is 27.5 Å². The van der Waals surface area contributed by atoms with Crippen LogP contribution in [0.2, 0.25) is 0 Å². The van der Waals surface area contributed by atoms with E-state index in [1.54, 1.807) is 24.3 Å². The highest BCUT2D eigenvalue weighted by molar-refractivity contribution is 7.92. The molecule has 1 N–H and O–H groups in total. The van der Waals surface area contributed by atoms with E-state index in [4.69, 9.17) is 9.47 Å². The number of aryl methyl sites for hydroxylation is 1. The molecule has 0 heterocycles. The van der Waals surface area contributed by atoms with Crippen LogP contribution in [0.1, 0.15) is 48.8 Å². The summed E-state index contributed by atoms with van der Waals surface area (Å²) < 4.78 is 41.0. The molecule has 0 saturated heterocycles. The number of amides is 2. The molecular formula is C39H45N3O6S. The van der Waals surface area contributed by atoms with Gasteiger partial charge in [0, 0.05) is 25.1 Å². The van der Waals surface area contributed by atoms with Crippen molar-refractivity contribution in [1.82, 2.24) is 10.2 Å². The first-order valence-electron chi connectivity index (χ1n) is 16.7. The molecule has 1 atom stereocenters. The maximum Gasteiger partial charge on any atom is 0.264 e. The van der Waals surface area contributed by atoms with E-state index >= 15 is 0 Å². The minimum absolute atomic E-state index is 0.0151. The van der Waals surface area contributed by atoms with E-state index in [1.165, 1.54) is 37.3 Å². The standard InChI is InChI=1S/C39H45N3O6S/c1-29-19-22-34(23-20-29)49(45,46)42(35-26-33(47-2)21-24-37(35)48-3)28-38(43)41(27-31-15-9-5-10-16-31)36(25-30-13-7-4-8-14-30)39(44)40-32-17-11-6-12-18-32/h4-5,7-10,13-16,19-24,26,32,36H,6,11-12,17-18,25,27-28H2,1-3H3,(H,40,44). The third-order valence-corrected chi connectivity index (χ3v) is 10.7. The summed E-state index contributed by atoms with van der Waals surface area (Å²) in [5.74, 6) is -0.159. The number of nitrogens with zero attached hydrogens (tertiary/aromatic N) is 2. The van der Waals surface area contributed by atoms with Crippen molar-refractivity contribution in [3.8, 4) is 11.5 Å². The highest BCUT2D eigenvalue weighted by Gasteiger charge is 2.36. The number of carbonyl (C=O) groups is 2. The minimum atomic E-state index is -4.31. The summed E-state index contributed by atoms with van der Waals surface area (Å²) in [7, 11) is -1.38. The lowest BCUT2D eigenvalue weighted by Crippen LogP contribution is -2.55. The Hall–Kier alpha value is -4.83. The van der Waals surface area contributed by atoms with Crippen LogP contribution in [0.4, 0.5) is 5.69 Å². The molecule has 0 radical (unpaired) electrons. The number of hydrogen-bond acceptors (Lipinski definition) is 6. The number of ether oxygens (including phenoxy) is 2. The van der Waals surface area contributed by atoms with Crippen molar-refractivity contribution in [1.29, 1.82) is 0 Å². The fraction of sp³-hybridized carbons (Fsp3) is 0.333. The summed E-state index contributed by atoms with van der Waals surface area (Å²) in [6, 6.07) is 29.4. The zero-order valence-electron chi connectivity index (χ0n) is 28.4. The van der Waals surface area contributed by atoms with Gasteiger partial charge in [-0.1, -0.05) is 97.6 Å². The predicted molar refractivity (Wildman–Crippen MR) is 191 cm³/mol. The second kappa shape index (κ2) is 16.5. The van der Waals surface area contributed by atoms with Gasteiger partial charge in [-0.05, 0) is 55.2 Å². The van der Waals surface area contributed by atoms with E-state index < -0.39 is 28.5 Å². The lowest BCUT2D eigenvalue weighted by atomic mass is 9.94. The van der Waals surface area contributed by atoms with E-state index in [0.717, 1.165) is 53.1 Å². The largest absolute Gasteiger partial charge is 0.497 e. The molecule has 1 aliphatic carbocycles. The molecular weight excluding hydrogens is 639 g/mol. The van der Waals surface area contributed by atoms with Gasteiger partial charge in [-0.25, -0.2) is 8.42 Å². The highest BCUT2D eigenvalue weighted by Crippen LogP contribution is 2.36. The van der Waals surface area contributed by atoms with Gasteiger partial charge in [0.1, 0.15) is 24.1 Å². The molecule has 49 heavy (non-hydrogen) atoms. The fourth-order valence-electron chi connectivity index (χ4n) is 6.22. The molecule has 1 fully saturated rings. The van der Waals surface area contributed by atoms with Crippen LogP contribution >= 0.6 is 0 Å². The molecule has 258 valence electrons. The SMILES string of the molecule is COc1ccc(OC)c(N(CC(=O)N(Cc2ccccc2)C(Cc2ccccc2)C(=O)NC2CCCCC2)S(=O)(=O)c2ccc(C)cc2)c1. The first kappa shape index (κ1) is 35.5. The van der Waals surface area contributed by atoms with Gasteiger partial charge in [-0.15, -0.1) is 0 Å². The first-order chi connectivity index (χ1) is 23.7. The number of sulfonamides is 1. The summed E-state index contributed by atoms with van der Waals surface area (Å²) >= 11 is 0. The summed E-state index contributed by atoms with van der Waals surface area (Å²) in [6.45, 7) is 1.38. The average molecular weight is 684 g/mol. The first-order valence-corrected chi connectivity index (χ1v) is 18.1. The molecule has 1 aliphatic rings. The molecule has 0 bridgehead atoms. The van der Waals surface area contributed by atoms with Crippen LogP contribution in [0.3, 0.4) is 0 Å². The molecule has 1 saturated carbocycles. The van der Waals surface area contributed by atoms with Gasteiger partial charge in [0.2, 0.25) is 11.8 Å². The maximum absolute atomic E-state index is 14.8. The normalized spacial score (nSPS) is 14.0. The maximum atomic E-state index is 14.8. The van der Waals surface area contributed by atoms with Crippen molar-refractivity contribution < 1.29 is 27.5 Å². The van der Waals surface area contributed by atoms with Crippen molar-refractivity contribution in [3.63, 3.8) is 0 Å². The molecule has 0 spiro atoms. The van der Waals surface area contributed by atoms with Crippen molar-refractivity contribution in [2.24, 2.45) is 0 Å². The van der Waals surface area contributed by atoms with Gasteiger partial charge in [-0.3, -0.25) is 13.9 Å². The molecule has 1 unspecified atom stereocenters. The number of rotatable bonds is 14. The Morgan fingerprint density at radius 1 is 0.816 bits per heavy atom. The average Bonchev–Trinajstić information content (AvgIpc) is 3.13. The van der Waals surface area contributed by atoms with Gasteiger partial charge in [0.05, 0.1) is 24.8 Å². The number of carbonyl (C=O) groups excluding carboxylic acids is 2. The quantitative estimate of drug-likeness (QED) is 0.167. The Morgan fingerprint density at radius 3 is 2.06 bits per heavy atom. The summed E-state index contributed by atoms with van der Waals surface area (Å²) in [4.78, 5) is 30.6. The second-order valence-corrected chi connectivity index (χ2v) is 14.3. The molecule has 4 aromatic carbocycles. The summed E-state index contributed by atoms with van der Waals surface area (Å²) in [6.07, 6.45) is 5.23. The molecule has 0 aromatic heterocycles. The number of methoxy groups -OCH3 is 2. The monoisotopic (exact) mass is 683 g/mol. The molecule has 5 rings (SSSR count). The zero-order valence-corrected chi connectivity index (χ0v) is 29.2. The minimum Gasteiger partial charge on any atom is -0.497 e. The Balaban J connectivity index is 1.60. The van der Waals surface area contributed by atoms with Gasteiger partial charge in [0.15, 0.2) is 0 Å². The van der Waals surface area contributed by atoms with E-state index in [2.05, 4.69) is 5.32 Å². The summed E-state index contributed by atoms with van der Waals surface area (Å²) in [5, 5.41) is 3.24. The Bertz CT molecular complexity index is 1790. The second-order valence-electron chi connectivity index (χ2n) is 12.4. The molecule has 0 aliphatic heterocycles. The Morgan fingerprint density at radius 2 is 1.45 bits per heavy atom. The Kier molecular flexibility index (Phi) is 12.0. The highest BCUT2D eigenvalue weighted by atomic mass is 32.2. The third-order valence-electron chi connectivity index (χ3n) is 8.96. The van der Waals surface area contributed by atoms with Gasteiger partial charge < -0.3 is 19.7 Å². The zero-order chi connectivity index (χ0) is 34.8. The van der Waals surface area contributed by atoms with Crippen LogP contribution in [-0.4, -0.2) is 58.0 Å². The topological polar surface area (TPSA) is 105 Å². The van der Waals surface area contributed by atoms with Crippen LogP contribution in [0.25, 0.3) is 0 Å². The van der Waals surface area contributed by atoms with Crippen LogP contribution < -0.4 is 19.1 Å². The van der Waals surface area contributed by atoms with E-state index in [1.807, 2.05) is 67.6 Å². The third kappa shape index (κ3) is 9.00. The molecule has 10 heteroatoms. The van der Waals surface area contributed by atoms with E-state index in [9.17, 15) is 18.0 Å². The van der Waals surface area contributed by atoms with Crippen LogP contribution in [0.15, 0.2) is 108 Å². The van der Waals surface area contributed by atoms with Crippen molar-refractivity contribution in [2.45, 2.75) is 69.0 Å². The number of anilines is 1. The fourth-order valence-corrected chi connectivity index (χ4v) is 7.64. The van der Waals surface area contributed by atoms with Crippen LogP contribution in [-0.2, 0) is 32.6 Å².